The molecule has 0 atom stereocenters. The lowest BCUT2D eigenvalue weighted by Gasteiger charge is -2.12. The molecule has 0 fully saturated rings. The lowest BCUT2D eigenvalue weighted by molar-refractivity contribution is -0.121. The lowest BCUT2D eigenvalue weighted by Crippen LogP contribution is -2.37. The maximum Gasteiger partial charge on any atom is 0.264 e. The number of aromatic hydroxyl groups is 1. The van der Waals surface area contributed by atoms with Crippen molar-refractivity contribution >= 4 is 51.6 Å². The number of para-hydroxylation sites is 2. The topological polar surface area (TPSA) is 96.6 Å². The molecule has 162 valence electrons. The van der Waals surface area contributed by atoms with Crippen LogP contribution < -0.4 is 15.4 Å². The Morgan fingerprint density at radius 1 is 1.19 bits per heavy atom. The molecule has 0 saturated heterocycles. The van der Waals surface area contributed by atoms with Gasteiger partial charge >= 0.3 is 0 Å². The molecule has 4 aromatic rings. The first kappa shape index (κ1) is 21.6. The summed E-state index contributed by atoms with van der Waals surface area (Å²) >= 11 is 11.1. The van der Waals surface area contributed by atoms with Crippen LogP contribution in [-0.2, 0) is 4.79 Å². The van der Waals surface area contributed by atoms with Gasteiger partial charge in [-0.1, -0.05) is 23.7 Å². The van der Waals surface area contributed by atoms with E-state index in [1.807, 2.05) is 25.1 Å². The van der Waals surface area contributed by atoms with E-state index in [0.29, 0.717) is 33.1 Å². The number of nitrogens with one attached hydrogen (secondary N) is 2. The van der Waals surface area contributed by atoms with Crippen LogP contribution in [0.15, 0.2) is 65.1 Å². The SMILES string of the molecule is Cc1cc(Cl)ccc1OCC(=O)NC(=S)Nc1ccc(O)c(-c2nc3ccccc3o2)c1. The fraction of sp³-hybridized carbons (Fsp3) is 0.0870. The fourth-order valence-electron chi connectivity index (χ4n) is 3.02. The maximum absolute atomic E-state index is 12.2. The van der Waals surface area contributed by atoms with Gasteiger partial charge in [0.2, 0.25) is 5.89 Å². The molecule has 1 amide bonds. The first-order chi connectivity index (χ1) is 15.4. The molecule has 9 heteroatoms. The number of aryl methyl sites for hydroxylation is 1. The first-order valence-electron chi connectivity index (χ1n) is 9.58. The van der Waals surface area contributed by atoms with Gasteiger partial charge in [-0.2, -0.15) is 0 Å². The number of hydrogen-bond acceptors (Lipinski definition) is 6. The Balaban J connectivity index is 1.39. The average molecular weight is 468 g/mol. The van der Waals surface area contributed by atoms with Gasteiger partial charge in [-0.05, 0) is 73.2 Å². The molecule has 0 bridgehead atoms. The predicted molar refractivity (Wildman–Crippen MR) is 127 cm³/mol. The molecule has 0 unspecified atom stereocenters. The van der Waals surface area contributed by atoms with E-state index in [0.717, 1.165) is 5.56 Å². The second-order valence-electron chi connectivity index (χ2n) is 6.92. The van der Waals surface area contributed by atoms with E-state index in [9.17, 15) is 9.90 Å². The van der Waals surface area contributed by atoms with E-state index in [1.165, 1.54) is 6.07 Å². The monoisotopic (exact) mass is 467 g/mol. The number of amides is 1. The minimum absolute atomic E-state index is 0.00351. The number of oxazole rings is 1. The smallest absolute Gasteiger partial charge is 0.264 e. The Kier molecular flexibility index (Phi) is 6.25. The highest BCUT2D eigenvalue weighted by Gasteiger charge is 2.14. The van der Waals surface area contributed by atoms with Gasteiger partial charge in [0.15, 0.2) is 17.3 Å². The number of hydrogen-bond donors (Lipinski definition) is 3. The Morgan fingerprint density at radius 3 is 2.78 bits per heavy atom. The Morgan fingerprint density at radius 2 is 2.00 bits per heavy atom. The summed E-state index contributed by atoms with van der Waals surface area (Å²) in [5.74, 6) is 0.414. The average Bonchev–Trinajstić information content (AvgIpc) is 3.18. The lowest BCUT2D eigenvalue weighted by atomic mass is 10.1. The van der Waals surface area contributed by atoms with Crippen molar-refractivity contribution < 1.29 is 19.1 Å². The van der Waals surface area contributed by atoms with Crippen LogP contribution in [-0.4, -0.2) is 27.7 Å². The molecule has 0 aliphatic heterocycles. The zero-order valence-corrected chi connectivity index (χ0v) is 18.5. The molecule has 3 aromatic carbocycles. The summed E-state index contributed by atoms with van der Waals surface area (Å²) in [6.45, 7) is 1.62. The minimum Gasteiger partial charge on any atom is -0.507 e. The van der Waals surface area contributed by atoms with Crippen molar-refractivity contribution in [3.8, 4) is 23.0 Å². The van der Waals surface area contributed by atoms with E-state index in [1.54, 1.807) is 36.4 Å². The van der Waals surface area contributed by atoms with Gasteiger partial charge < -0.3 is 19.6 Å². The molecule has 32 heavy (non-hydrogen) atoms. The number of anilines is 1. The largest absolute Gasteiger partial charge is 0.507 e. The molecule has 0 aliphatic carbocycles. The van der Waals surface area contributed by atoms with Gasteiger partial charge in [0, 0.05) is 10.7 Å². The second-order valence-corrected chi connectivity index (χ2v) is 7.76. The summed E-state index contributed by atoms with van der Waals surface area (Å²) in [6, 6.07) is 17.2. The molecule has 0 aliphatic rings. The summed E-state index contributed by atoms with van der Waals surface area (Å²) in [5.41, 5.74) is 3.04. The van der Waals surface area contributed by atoms with Crippen molar-refractivity contribution in [3.63, 3.8) is 0 Å². The zero-order chi connectivity index (χ0) is 22.7. The number of aromatic nitrogens is 1. The van der Waals surface area contributed by atoms with E-state index >= 15 is 0 Å². The molecule has 1 heterocycles. The van der Waals surface area contributed by atoms with E-state index in [4.69, 9.17) is 33.0 Å². The third-order valence-electron chi connectivity index (χ3n) is 4.53. The molecule has 0 radical (unpaired) electrons. The normalized spacial score (nSPS) is 10.7. The number of nitrogens with zero attached hydrogens (tertiary/aromatic N) is 1. The summed E-state index contributed by atoms with van der Waals surface area (Å²) < 4.78 is 11.2. The molecule has 3 N–H and O–H groups in total. The van der Waals surface area contributed by atoms with Crippen LogP contribution in [0.5, 0.6) is 11.5 Å². The van der Waals surface area contributed by atoms with Crippen LogP contribution in [0.3, 0.4) is 0 Å². The third kappa shape index (κ3) is 4.99. The van der Waals surface area contributed by atoms with Gasteiger partial charge in [-0.15, -0.1) is 0 Å². The van der Waals surface area contributed by atoms with Gasteiger partial charge in [0.1, 0.15) is 17.0 Å². The number of phenols is 1. The van der Waals surface area contributed by atoms with Crippen LogP contribution in [0.4, 0.5) is 5.69 Å². The molecular weight excluding hydrogens is 450 g/mol. The zero-order valence-electron chi connectivity index (χ0n) is 16.9. The van der Waals surface area contributed by atoms with Crippen LogP contribution >= 0.6 is 23.8 Å². The number of carbonyl (C=O) groups is 1. The highest BCUT2D eigenvalue weighted by Crippen LogP contribution is 2.33. The van der Waals surface area contributed by atoms with E-state index < -0.39 is 5.91 Å². The van der Waals surface area contributed by atoms with Crippen LogP contribution in [0.25, 0.3) is 22.6 Å². The molecule has 7 nitrogen and oxygen atoms in total. The van der Waals surface area contributed by atoms with Crippen LogP contribution in [0.2, 0.25) is 5.02 Å². The number of benzene rings is 3. The van der Waals surface area contributed by atoms with Crippen LogP contribution in [0.1, 0.15) is 5.56 Å². The second kappa shape index (κ2) is 9.25. The number of thiocarbonyl (C=S) groups is 1. The molecule has 4 rings (SSSR count). The predicted octanol–water partition coefficient (Wildman–Crippen LogP) is 5.05. The highest BCUT2D eigenvalue weighted by atomic mass is 35.5. The fourth-order valence-corrected chi connectivity index (χ4v) is 3.47. The quantitative estimate of drug-likeness (QED) is 0.279. The number of phenolic OH excluding ortho intramolecular Hbond substituents is 1. The number of fused-ring (bicyclic) bond motifs is 1. The highest BCUT2D eigenvalue weighted by molar-refractivity contribution is 7.80. The minimum atomic E-state index is -0.421. The molecule has 0 saturated carbocycles. The summed E-state index contributed by atoms with van der Waals surface area (Å²) in [4.78, 5) is 16.6. The van der Waals surface area contributed by atoms with E-state index in [-0.39, 0.29) is 23.4 Å². The van der Waals surface area contributed by atoms with Gasteiger partial charge in [0.05, 0.1) is 5.56 Å². The van der Waals surface area contributed by atoms with Crippen molar-refractivity contribution in [1.29, 1.82) is 0 Å². The summed E-state index contributed by atoms with van der Waals surface area (Å²) in [5, 5.41) is 16.4. The van der Waals surface area contributed by atoms with Crippen molar-refractivity contribution in [2.24, 2.45) is 0 Å². The Labute approximate surface area is 194 Å². The Bertz CT molecular complexity index is 1290. The van der Waals surface area contributed by atoms with E-state index in [2.05, 4.69) is 15.6 Å². The standard InChI is InChI=1S/C23H18ClN3O4S/c1-13-10-14(24)6-9-19(13)30-12-21(29)27-23(32)25-15-7-8-18(28)16(11-15)22-26-17-4-2-3-5-20(17)31-22/h2-11,28H,12H2,1H3,(H2,25,27,29,32). The van der Waals surface area contributed by atoms with Crippen molar-refractivity contribution in [2.45, 2.75) is 6.92 Å². The number of ether oxygens (including phenoxy) is 1. The molecule has 0 spiro atoms. The number of rotatable bonds is 5. The summed E-state index contributed by atoms with van der Waals surface area (Å²) in [6.07, 6.45) is 0. The first-order valence-corrected chi connectivity index (χ1v) is 10.4. The molecule has 1 aromatic heterocycles. The maximum atomic E-state index is 12.2. The van der Waals surface area contributed by atoms with Gasteiger partial charge in [-0.3, -0.25) is 10.1 Å². The number of halogens is 1. The summed E-state index contributed by atoms with van der Waals surface area (Å²) in [7, 11) is 0. The third-order valence-corrected chi connectivity index (χ3v) is 4.97. The van der Waals surface area contributed by atoms with Gasteiger partial charge in [0.25, 0.3) is 5.91 Å². The Hall–Kier alpha value is -3.62. The van der Waals surface area contributed by atoms with Crippen LogP contribution in [0, 0.1) is 6.92 Å². The van der Waals surface area contributed by atoms with Crippen molar-refractivity contribution in [3.05, 3.63) is 71.2 Å². The molecular formula is C23H18ClN3O4S. The van der Waals surface area contributed by atoms with Gasteiger partial charge in [-0.25, -0.2) is 4.98 Å². The van der Waals surface area contributed by atoms with Crippen molar-refractivity contribution in [2.75, 3.05) is 11.9 Å². The van der Waals surface area contributed by atoms with Crippen molar-refractivity contribution in [1.82, 2.24) is 10.3 Å². The number of carbonyl (C=O) groups excluding carboxylic acids is 1.